The summed E-state index contributed by atoms with van der Waals surface area (Å²) in [6.07, 6.45) is 0.602. The van der Waals surface area contributed by atoms with Gasteiger partial charge in [-0.3, -0.25) is 4.79 Å². The van der Waals surface area contributed by atoms with Crippen LogP contribution in [0.2, 0.25) is 0 Å². The number of likely N-dealkylation sites (tertiary alicyclic amines) is 1. The number of benzene rings is 1. The second-order valence-corrected chi connectivity index (χ2v) is 6.54. The van der Waals surface area contributed by atoms with Crippen LogP contribution in [0.15, 0.2) is 22.7 Å². The standard InChI is InChI=1S/C16H23BrN2O2/c1-11-4-5-15(14(17)8-11)21-12(2)16(20)19-7-6-13(10-19)9-18-3/h4-5,8,12-13,18H,6-7,9-10H2,1-3H3/t12-,13+/m1/s1. The first-order valence-corrected chi connectivity index (χ1v) is 8.16. The van der Waals surface area contributed by atoms with Gasteiger partial charge in [0.25, 0.3) is 5.91 Å². The molecule has 0 unspecified atom stereocenters. The fourth-order valence-electron chi connectivity index (χ4n) is 2.69. The predicted molar refractivity (Wildman–Crippen MR) is 87.6 cm³/mol. The molecular formula is C16H23BrN2O2. The smallest absolute Gasteiger partial charge is 0.263 e. The summed E-state index contributed by atoms with van der Waals surface area (Å²) in [6, 6.07) is 5.87. The monoisotopic (exact) mass is 354 g/mol. The molecule has 1 aliphatic heterocycles. The summed E-state index contributed by atoms with van der Waals surface area (Å²) in [5.41, 5.74) is 1.16. The van der Waals surface area contributed by atoms with Crippen molar-refractivity contribution in [2.24, 2.45) is 5.92 Å². The molecule has 2 rings (SSSR count). The number of nitrogens with zero attached hydrogens (tertiary/aromatic N) is 1. The van der Waals surface area contributed by atoms with E-state index >= 15 is 0 Å². The number of nitrogens with one attached hydrogen (secondary N) is 1. The number of ether oxygens (including phenoxy) is 1. The van der Waals surface area contributed by atoms with E-state index in [1.165, 1.54) is 0 Å². The Morgan fingerprint density at radius 3 is 3.00 bits per heavy atom. The van der Waals surface area contributed by atoms with Crippen molar-refractivity contribution in [3.8, 4) is 5.75 Å². The lowest BCUT2D eigenvalue weighted by molar-refractivity contribution is -0.137. The van der Waals surface area contributed by atoms with E-state index in [4.69, 9.17) is 4.74 Å². The molecule has 1 N–H and O–H groups in total. The van der Waals surface area contributed by atoms with Crippen molar-refractivity contribution >= 4 is 21.8 Å². The summed E-state index contributed by atoms with van der Waals surface area (Å²) < 4.78 is 6.70. The molecule has 0 bridgehead atoms. The lowest BCUT2D eigenvalue weighted by Crippen LogP contribution is -2.39. The quantitative estimate of drug-likeness (QED) is 0.883. The van der Waals surface area contributed by atoms with Crippen LogP contribution >= 0.6 is 15.9 Å². The van der Waals surface area contributed by atoms with E-state index in [9.17, 15) is 4.79 Å². The number of carbonyl (C=O) groups is 1. The highest BCUT2D eigenvalue weighted by molar-refractivity contribution is 9.10. The van der Waals surface area contributed by atoms with Crippen LogP contribution in [0.25, 0.3) is 0 Å². The Bertz CT molecular complexity index is 507. The molecule has 0 aromatic heterocycles. The highest BCUT2D eigenvalue weighted by atomic mass is 79.9. The number of carbonyl (C=O) groups excluding carboxylic acids is 1. The van der Waals surface area contributed by atoms with Gasteiger partial charge in [-0.1, -0.05) is 6.07 Å². The zero-order chi connectivity index (χ0) is 15.4. The number of halogens is 1. The van der Waals surface area contributed by atoms with Crippen LogP contribution in [0, 0.1) is 12.8 Å². The van der Waals surface area contributed by atoms with Crippen LogP contribution < -0.4 is 10.1 Å². The lowest BCUT2D eigenvalue weighted by atomic mass is 10.1. The minimum atomic E-state index is -0.461. The maximum Gasteiger partial charge on any atom is 0.263 e. The maximum atomic E-state index is 12.4. The second kappa shape index (κ2) is 7.27. The average Bonchev–Trinajstić information content (AvgIpc) is 2.90. The van der Waals surface area contributed by atoms with Crippen molar-refractivity contribution < 1.29 is 9.53 Å². The summed E-state index contributed by atoms with van der Waals surface area (Å²) in [4.78, 5) is 14.4. The normalized spacial score (nSPS) is 19.6. The highest BCUT2D eigenvalue weighted by Gasteiger charge is 2.29. The largest absolute Gasteiger partial charge is 0.480 e. The fourth-order valence-corrected chi connectivity index (χ4v) is 3.27. The van der Waals surface area contributed by atoms with Crippen molar-refractivity contribution in [1.29, 1.82) is 0 Å². The van der Waals surface area contributed by atoms with Gasteiger partial charge in [0.2, 0.25) is 0 Å². The van der Waals surface area contributed by atoms with E-state index < -0.39 is 6.10 Å². The zero-order valence-corrected chi connectivity index (χ0v) is 14.4. The molecular weight excluding hydrogens is 332 g/mol. The Morgan fingerprint density at radius 2 is 2.33 bits per heavy atom. The summed E-state index contributed by atoms with van der Waals surface area (Å²) in [5, 5.41) is 3.18. The Morgan fingerprint density at radius 1 is 1.57 bits per heavy atom. The lowest BCUT2D eigenvalue weighted by Gasteiger charge is -2.22. The third-order valence-electron chi connectivity index (χ3n) is 3.83. The van der Waals surface area contributed by atoms with Gasteiger partial charge in [-0.2, -0.15) is 0 Å². The summed E-state index contributed by atoms with van der Waals surface area (Å²) in [5.74, 6) is 1.34. The Kier molecular flexibility index (Phi) is 5.65. The Balaban J connectivity index is 1.94. The van der Waals surface area contributed by atoms with Crippen LogP contribution in [-0.2, 0) is 4.79 Å². The third-order valence-corrected chi connectivity index (χ3v) is 4.45. The van der Waals surface area contributed by atoms with E-state index in [0.717, 1.165) is 36.1 Å². The van der Waals surface area contributed by atoms with Gasteiger partial charge in [0.15, 0.2) is 6.10 Å². The van der Waals surface area contributed by atoms with Crippen LogP contribution in [0.1, 0.15) is 18.9 Å². The molecule has 0 aliphatic carbocycles. The van der Waals surface area contributed by atoms with E-state index in [1.54, 1.807) is 0 Å². The van der Waals surface area contributed by atoms with Crippen LogP contribution in [0.3, 0.4) is 0 Å². The van der Waals surface area contributed by atoms with Gasteiger partial charge >= 0.3 is 0 Å². The van der Waals surface area contributed by atoms with Crippen LogP contribution in [-0.4, -0.2) is 43.6 Å². The summed E-state index contributed by atoms with van der Waals surface area (Å²) >= 11 is 3.48. The first-order valence-electron chi connectivity index (χ1n) is 7.37. The molecule has 1 aromatic rings. The molecule has 116 valence electrons. The molecule has 0 saturated carbocycles. The second-order valence-electron chi connectivity index (χ2n) is 5.69. The average molecular weight is 355 g/mol. The van der Waals surface area contributed by atoms with Crippen molar-refractivity contribution in [3.05, 3.63) is 28.2 Å². The molecule has 21 heavy (non-hydrogen) atoms. The van der Waals surface area contributed by atoms with E-state index in [2.05, 4.69) is 21.2 Å². The van der Waals surface area contributed by atoms with E-state index in [-0.39, 0.29) is 5.91 Å². The molecule has 0 spiro atoms. The van der Waals surface area contributed by atoms with Crippen molar-refractivity contribution in [2.45, 2.75) is 26.4 Å². The predicted octanol–water partition coefficient (Wildman–Crippen LogP) is 2.59. The number of rotatable bonds is 5. The summed E-state index contributed by atoms with van der Waals surface area (Å²) in [7, 11) is 1.95. The Labute approximate surface area is 135 Å². The van der Waals surface area contributed by atoms with Crippen LogP contribution in [0.5, 0.6) is 5.75 Å². The molecule has 1 aliphatic rings. The highest BCUT2D eigenvalue weighted by Crippen LogP contribution is 2.27. The molecule has 1 fully saturated rings. The SMILES string of the molecule is CNC[C@@H]1CCN(C(=O)[C@@H](C)Oc2ccc(C)cc2Br)C1. The minimum absolute atomic E-state index is 0.0704. The van der Waals surface area contributed by atoms with E-state index in [0.29, 0.717) is 11.7 Å². The molecule has 1 amide bonds. The van der Waals surface area contributed by atoms with Crippen molar-refractivity contribution in [1.82, 2.24) is 10.2 Å². The molecule has 1 aromatic carbocycles. The van der Waals surface area contributed by atoms with Crippen molar-refractivity contribution in [3.63, 3.8) is 0 Å². The van der Waals surface area contributed by atoms with Crippen molar-refractivity contribution in [2.75, 3.05) is 26.7 Å². The van der Waals surface area contributed by atoms with Gasteiger partial charge in [0, 0.05) is 13.1 Å². The van der Waals surface area contributed by atoms with Crippen LogP contribution in [0.4, 0.5) is 0 Å². The van der Waals surface area contributed by atoms with Gasteiger partial charge in [-0.25, -0.2) is 0 Å². The van der Waals surface area contributed by atoms with E-state index in [1.807, 2.05) is 44.0 Å². The molecule has 1 heterocycles. The van der Waals surface area contributed by atoms with Gasteiger partial charge in [-0.05, 0) is 73.4 Å². The molecule has 0 radical (unpaired) electrons. The fraction of sp³-hybridized carbons (Fsp3) is 0.562. The van der Waals surface area contributed by atoms with Gasteiger partial charge < -0.3 is 15.0 Å². The minimum Gasteiger partial charge on any atom is -0.480 e. The number of amides is 1. The van der Waals surface area contributed by atoms with Gasteiger partial charge in [0.1, 0.15) is 5.75 Å². The number of hydrogen-bond acceptors (Lipinski definition) is 3. The zero-order valence-electron chi connectivity index (χ0n) is 12.9. The third kappa shape index (κ3) is 4.20. The molecule has 1 saturated heterocycles. The first-order chi connectivity index (χ1) is 10.0. The summed E-state index contributed by atoms with van der Waals surface area (Å²) in [6.45, 7) is 6.45. The molecule has 5 heteroatoms. The van der Waals surface area contributed by atoms with Gasteiger partial charge in [0.05, 0.1) is 4.47 Å². The number of aryl methyl sites for hydroxylation is 1. The number of hydrogen-bond donors (Lipinski definition) is 1. The van der Waals surface area contributed by atoms with Gasteiger partial charge in [-0.15, -0.1) is 0 Å². The topological polar surface area (TPSA) is 41.6 Å². The first kappa shape index (κ1) is 16.3. The molecule has 2 atom stereocenters. The molecule has 4 nitrogen and oxygen atoms in total. The maximum absolute atomic E-state index is 12.4. The Hall–Kier alpha value is -1.07.